The first-order valence-corrected chi connectivity index (χ1v) is 6.94. The van der Waals surface area contributed by atoms with Crippen LogP contribution in [0.1, 0.15) is 42.5 Å². The van der Waals surface area contributed by atoms with E-state index in [1.165, 1.54) is 0 Å². The Morgan fingerprint density at radius 2 is 2.10 bits per heavy atom. The maximum atomic E-state index is 9.56. The zero-order valence-corrected chi connectivity index (χ0v) is 12.6. The van der Waals surface area contributed by atoms with Crippen LogP contribution in [0.4, 0.5) is 0 Å². The molecule has 4 heteroatoms. The lowest BCUT2D eigenvalue weighted by Crippen LogP contribution is -2.04. The van der Waals surface area contributed by atoms with Gasteiger partial charge in [-0.25, -0.2) is 0 Å². The fourth-order valence-electron chi connectivity index (χ4n) is 2.13. The van der Waals surface area contributed by atoms with Gasteiger partial charge in [-0.3, -0.25) is 4.68 Å². The number of nitrogens with zero attached hydrogens (tertiary/aromatic N) is 2. The van der Waals surface area contributed by atoms with Gasteiger partial charge in [-0.2, -0.15) is 5.10 Å². The van der Waals surface area contributed by atoms with Gasteiger partial charge in [-0.05, 0) is 49.6 Å². The molecule has 108 valence electrons. The summed E-state index contributed by atoms with van der Waals surface area (Å²) in [6.07, 6.45) is 0.475. The van der Waals surface area contributed by atoms with Gasteiger partial charge in [0.05, 0.1) is 17.5 Å². The zero-order valence-electron chi connectivity index (χ0n) is 12.6. The molecule has 20 heavy (non-hydrogen) atoms. The largest absolute Gasteiger partial charge is 0.487 e. The Balaban J connectivity index is 2.08. The number of hydrogen-bond donors (Lipinski definition) is 1. The summed E-state index contributed by atoms with van der Waals surface area (Å²) in [7, 11) is 1.93. The van der Waals surface area contributed by atoms with Gasteiger partial charge < -0.3 is 9.84 Å². The van der Waals surface area contributed by atoms with Crippen molar-refractivity contribution in [3.05, 3.63) is 46.8 Å². The molecule has 2 aromatic rings. The summed E-state index contributed by atoms with van der Waals surface area (Å²) in [5.74, 6) is 0.841. The van der Waals surface area contributed by atoms with E-state index in [1.807, 2.05) is 36.9 Å². The van der Waals surface area contributed by atoms with Gasteiger partial charge in [0, 0.05) is 7.05 Å². The normalized spacial score (nSPS) is 12.4. The van der Waals surface area contributed by atoms with Gasteiger partial charge in [-0.1, -0.05) is 13.0 Å². The van der Waals surface area contributed by atoms with Crippen LogP contribution in [-0.4, -0.2) is 14.9 Å². The molecule has 1 heterocycles. The van der Waals surface area contributed by atoms with Crippen molar-refractivity contribution in [1.29, 1.82) is 0 Å². The first-order valence-electron chi connectivity index (χ1n) is 6.94. The van der Waals surface area contributed by atoms with E-state index in [0.717, 1.165) is 34.7 Å². The van der Waals surface area contributed by atoms with Gasteiger partial charge >= 0.3 is 0 Å². The van der Waals surface area contributed by atoms with Crippen LogP contribution in [0.25, 0.3) is 0 Å². The minimum absolute atomic E-state index is 0.452. The molecule has 0 saturated heterocycles. The predicted octanol–water partition coefficient (Wildman–Crippen LogP) is 2.92. The Kier molecular flexibility index (Phi) is 4.45. The number of aliphatic hydroxyl groups is 1. The molecule has 0 aliphatic carbocycles. The van der Waals surface area contributed by atoms with E-state index in [0.29, 0.717) is 6.61 Å². The standard InChI is InChI=1S/C16H22N2O2/c1-5-14-9-15(18(4)17-14)10-20-16-7-6-13(12(3)19)8-11(16)2/h6-9,12,19H,5,10H2,1-4H3/t12-/m0/s1. The van der Waals surface area contributed by atoms with E-state index in [9.17, 15) is 5.11 Å². The summed E-state index contributed by atoms with van der Waals surface area (Å²) in [5.41, 5.74) is 4.07. The molecule has 1 N–H and O–H groups in total. The fraction of sp³-hybridized carbons (Fsp3) is 0.438. The van der Waals surface area contributed by atoms with Crippen LogP contribution < -0.4 is 4.74 Å². The molecule has 0 radical (unpaired) electrons. The molecule has 0 fully saturated rings. The molecule has 1 atom stereocenters. The SMILES string of the molecule is CCc1cc(COc2ccc([C@H](C)O)cc2C)n(C)n1. The van der Waals surface area contributed by atoms with Gasteiger partial charge in [0.1, 0.15) is 12.4 Å². The Labute approximate surface area is 120 Å². The van der Waals surface area contributed by atoms with Crippen LogP contribution in [0.15, 0.2) is 24.3 Å². The Morgan fingerprint density at radius 3 is 2.65 bits per heavy atom. The lowest BCUT2D eigenvalue weighted by Gasteiger charge is -2.12. The minimum atomic E-state index is -0.452. The highest BCUT2D eigenvalue weighted by Crippen LogP contribution is 2.23. The number of rotatable bonds is 5. The second-order valence-corrected chi connectivity index (χ2v) is 5.09. The number of aryl methyl sites for hydroxylation is 3. The summed E-state index contributed by atoms with van der Waals surface area (Å²) >= 11 is 0. The molecular weight excluding hydrogens is 252 g/mol. The lowest BCUT2D eigenvalue weighted by atomic mass is 10.1. The van der Waals surface area contributed by atoms with Crippen LogP contribution >= 0.6 is 0 Å². The molecular formula is C16H22N2O2. The summed E-state index contributed by atoms with van der Waals surface area (Å²) in [5, 5.41) is 14.0. The molecule has 0 spiro atoms. The van der Waals surface area contributed by atoms with E-state index in [1.54, 1.807) is 6.92 Å². The Morgan fingerprint density at radius 1 is 1.35 bits per heavy atom. The van der Waals surface area contributed by atoms with Crippen molar-refractivity contribution in [2.45, 2.75) is 39.9 Å². The van der Waals surface area contributed by atoms with E-state index in [-0.39, 0.29) is 0 Å². The van der Waals surface area contributed by atoms with Crippen molar-refractivity contribution in [1.82, 2.24) is 9.78 Å². The van der Waals surface area contributed by atoms with Gasteiger partial charge in [0.15, 0.2) is 0 Å². The van der Waals surface area contributed by atoms with Crippen molar-refractivity contribution >= 4 is 0 Å². The molecule has 2 rings (SSSR count). The molecule has 0 bridgehead atoms. The molecule has 0 aliphatic heterocycles. The van der Waals surface area contributed by atoms with E-state index < -0.39 is 6.10 Å². The Hall–Kier alpha value is -1.81. The van der Waals surface area contributed by atoms with E-state index in [4.69, 9.17) is 4.74 Å². The van der Waals surface area contributed by atoms with Crippen LogP contribution in [0.5, 0.6) is 5.75 Å². The number of hydrogen-bond acceptors (Lipinski definition) is 3. The van der Waals surface area contributed by atoms with Crippen LogP contribution in [0, 0.1) is 6.92 Å². The highest BCUT2D eigenvalue weighted by Gasteiger charge is 2.08. The average Bonchev–Trinajstić information content (AvgIpc) is 2.78. The summed E-state index contributed by atoms with van der Waals surface area (Å²) < 4.78 is 7.71. The smallest absolute Gasteiger partial charge is 0.130 e. The topological polar surface area (TPSA) is 47.3 Å². The predicted molar refractivity (Wildman–Crippen MR) is 78.7 cm³/mol. The first-order chi connectivity index (χ1) is 9.51. The highest BCUT2D eigenvalue weighted by molar-refractivity contribution is 5.37. The first kappa shape index (κ1) is 14.6. The zero-order chi connectivity index (χ0) is 14.7. The molecule has 1 aromatic heterocycles. The number of aromatic nitrogens is 2. The number of ether oxygens (including phenoxy) is 1. The highest BCUT2D eigenvalue weighted by atomic mass is 16.5. The van der Waals surface area contributed by atoms with Gasteiger partial charge in [0.25, 0.3) is 0 Å². The van der Waals surface area contributed by atoms with E-state index in [2.05, 4.69) is 18.1 Å². The van der Waals surface area contributed by atoms with Crippen LogP contribution in [0.2, 0.25) is 0 Å². The second kappa shape index (κ2) is 6.09. The summed E-state index contributed by atoms with van der Waals surface area (Å²) in [6, 6.07) is 7.84. The van der Waals surface area contributed by atoms with Crippen LogP contribution in [-0.2, 0) is 20.1 Å². The monoisotopic (exact) mass is 274 g/mol. The average molecular weight is 274 g/mol. The second-order valence-electron chi connectivity index (χ2n) is 5.09. The third-order valence-electron chi connectivity index (χ3n) is 3.45. The summed E-state index contributed by atoms with van der Waals surface area (Å²) in [6.45, 7) is 6.34. The maximum absolute atomic E-state index is 9.56. The minimum Gasteiger partial charge on any atom is -0.487 e. The quantitative estimate of drug-likeness (QED) is 0.912. The Bertz CT molecular complexity index is 588. The van der Waals surface area contributed by atoms with Gasteiger partial charge in [-0.15, -0.1) is 0 Å². The molecule has 0 amide bonds. The van der Waals surface area contributed by atoms with E-state index >= 15 is 0 Å². The van der Waals surface area contributed by atoms with Crippen LogP contribution in [0.3, 0.4) is 0 Å². The van der Waals surface area contributed by atoms with Crippen molar-refractivity contribution in [2.75, 3.05) is 0 Å². The number of benzene rings is 1. The lowest BCUT2D eigenvalue weighted by molar-refractivity contribution is 0.199. The number of aliphatic hydroxyl groups excluding tert-OH is 1. The molecule has 1 aromatic carbocycles. The van der Waals surface area contributed by atoms with Gasteiger partial charge in [0.2, 0.25) is 0 Å². The third-order valence-corrected chi connectivity index (χ3v) is 3.45. The molecule has 0 aliphatic rings. The molecule has 4 nitrogen and oxygen atoms in total. The maximum Gasteiger partial charge on any atom is 0.130 e. The summed E-state index contributed by atoms with van der Waals surface area (Å²) in [4.78, 5) is 0. The third kappa shape index (κ3) is 3.20. The molecule has 0 unspecified atom stereocenters. The van der Waals surface area contributed by atoms with Crippen molar-refractivity contribution in [2.24, 2.45) is 7.05 Å². The van der Waals surface area contributed by atoms with Crippen molar-refractivity contribution in [3.8, 4) is 5.75 Å². The van der Waals surface area contributed by atoms with Crippen molar-refractivity contribution < 1.29 is 9.84 Å². The molecule has 0 saturated carbocycles. The van der Waals surface area contributed by atoms with Crippen molar-refractivity contribution in [3.63, 3.8) is 0 Å². The fourth-order valence-corrected chi connectivity index (χ4v) is 2.13.